The summed E-state index contributed by atoms with van der Waals surface area (Å²) in [5.41, 5.74) is 1.36. The van der Waals surface area contributed by atoms with Crippen molar-refractivity contribution < 1.29 is 0 Å². The van der Waals surface area contributed by atoms with E-state index in [0.29, 0.717) is 0 Å². The first-order valence-corrected chi connectivity index (χ1v) is 7.29. The van der Waals surface area contributed by atoms with Gasteiger partial charge in [-0.25, -0.2) is 4.98 Å². The number of piperidine rings is 1. The van der Waals surface area contributed by atoms with Gasteiger partial charge in [0.1, 0.15) is 5.82 Å². The molecule has 2 fully saturated rings. The van der Waals surface area contributed by atoms with Crippen LogP contribution in [0.1, 0.15) is 38.2 Å². The Labute approximate surface area is 110 Å². The fraction of sp³-hybridized carbons (Fsp3) is 0.667. The van der Waals surface area contributed by atoms with E-state index in [1.165, 1.54) is 43.6 Å². The fourth-order valence-corrected chi connectivity index (χ4v) is 3.34. The highest BCUT2D eigenvalue weighted by Crippen LogP contribution is 2.39. The summed E-state index contributed by atoms with van der Waals surface area (Å²) < 4.78 is 0. The fourth-order valence-electron chi connectivity index (χ4n) is 3.34. The molecule has 98 valence electrons. The van der Waals surface area contributed by atoms with Crippen LogP contribution in [-0.2, 0) is 6.54 Å². The van der Waals surface area contributed by atoms with E-state index in [1.807, 2.05) is 6.20 Å². The summed E-state index contributed by atoms with van der Waals surface area (Å²) in [5.74, 6) is 2.12. The van der Waals surface area contributed by atoms with Gasteiger partial charge in [-0.15, -0.1) is 0 Å². The van der Waals surface area contributed by atoms with Gasteiger partial charge in [-0.05, 0) is 55.8 Å². The Morgan fingerprint density at radius 2 is 2.39 bits per heavy atom. The molecule has 1 aromatic rings. The van der Waals surface area contributed by atoms with Crippen molar-refractivity contribution in [1.29, 1.82) is 0 Å². The van der Waals surface area contributed by atoms with Crippen molar-refractivity contribution in [3.63, 3.8) is 0 Å². The Hall–Kier alpha value is -1.09. The monoisotopic (exact) mass is 245 g/mol. The molecule has 18 heavy (non-hydrogen) atoms. The molecule has 1 saturated heterocycles. The van der Waals surface area contributed by atoms with Crippen LogP contribution in [0, 0.1) is 5.92 Å². The summed E-state index contributed by atoms with van der Waals surface area (Å²) >= 11 is 0. The molecule has 0 radical (unpaired) electrons. The highest BCUT2D eigenvalue weighted by atomic mass is 15.2. The summed E-state index contributed by atoms with van der Waals surface area (Å²) in [4.78, 5) is 7.09. The van der Waals surface area contributed by atoms with Crippen LogP contribution in [0.5, 0.6) is 0 Å². The number of hydrogen-bond acceptors (Lipinski definition) is 3. The van der Waals surface area contributed by atoms with Gasteiger partial charge in [0.2, 0.25) is 0 Å². The lowest BCUT2D eigenvalue weighted by molar-refractivity contribution is 0.550. The van der Waals surface area contributed by atoms with E-state index in [-0.39, 0.29) is 0 Å². The number of fused-ring (bicyclic) bond motifs is 2. The first-order valence-electron chi connectivity index (χ1n) is 7.29. The molecule has 2 bridgehead atoms. The summed E-state index contributed by atoms with van der Waals surface area (Å²) in [5, 5.41) is 3.46. The molecule has 0 amide bonds. The number of hydrogen-bond donors (Lipinski definition) is 1. The Bertz CT molecular complexity index is 404. The Morgan fingerprint density at radius 1 is 1.44 bits per heavy atom. The van der Waals surface area contributed by atoms with Gasteiger partial charge in [-0.3, -0.25) is 0 Å². The minimum atomic E-state index is 0.765. The molecular weight excluding hydrogens is 222 g/mol. The lowest BCUT2D eigenvalue weighted by atomic mass is 10.1. The molecule has 2 aliphatic rings. The molecule has 0 aromatic carbocycles. The van der Waals surface area contributed by atoms with Gasteiger partial charge in [0.25, 0.3) is 0 Å². The van der Waals surface area contributed by atoms with Gasteiger partial charge < -0.3 is 10.2 Å². The topological polar surface area (TPSA) is 28.2 Å². The molecule has 2 heterocycles. The van der Waals surface area contributed by atoms with E-state index in [9.17, 15) is 0 Å². The summed E-state index contributed by atoms with van der Waals surface area (Å²) in [6.45, 7) is 5.48. The maximum Gasteiger partial charge on any atom is 0.129 e. The first kappa shape index (κ1) is 12.0. The van der Waals surface area contributed by atoms with Crippen molar-refractivity contribution in [2.75, 3.05) is 18.0 Å². The number of rotatable bonds is 5. The zero-order valence-electron chi connectivity index (χ0n) is 11.2. The number of nitrogens with one attached hydrogen (secondary N) is 1. The van der Waals surface area contributed by atoms with Crippen LogP contribution < -0.4 is 10.2 Å². The van der Waals surface area contributed by atoms with Crippen LogP contribution >= 0.6 is 0 Å². The number of nitrogens with zero attached hydrogens (tertiary/aromatic N) is 2. The Kier molecular flexibility index (Phi) is 3.50. The Balaban J connectivity index is 1.67. The van der Waals surface area contributed by atoms with E-state index in [4.69, 9.17) is 0 Å². The second-order valence-corrected chi connectivity index (χ2v) is 5.68. The zero-order chi connectivity index (χ0) is 12.4. The smallest absolute Gasteiger partial charge is 0.129 e. The van der Waals surface area contributed by atoms with Crippen LogP contribution in [0.3, 0.4) is 0 Å². The molecule has 2 atom stereocenters. The van der Waals surface area contributed by atoms with Gasteiger partial charge in [0.05, 0.1) is 0 Å². The highest BCUT2D eigenvalue weighted by molar-refractivity contribution is 5.44. The van der Waals surface area contributed by atoms with Crippen molar-refractivity contribution in [3.05, 3.63) is 23.9 Å². The SMILES string of the molecule is CCCNCc1ccnc(N2CC3CCC2C3)c1. The molecule has 1 N–H and O–H groups in total. The summed E-state index contributed by atoms with van der Waals surface area (Å²) in [7, 11) is 0. The molecule has 1 aliphatic carbocycles. The van der Waals surface area contributed by atoms with Crippen molar-refractivity contribution in [2.45, 2.75) is 45.2 Å². The van der Waals surface area contributed by atoms with Gasteiger partial charge in [-0.2, -0.15) is 0 Å². The van der Waals surface area contributed by atoms with Gasteiger partial charge in [0, 0.05) is 25.3 Å². The minimum absolute atomic E-state index is 0.765. The highest BCUT2D eigenvalue weighted by Gasteiger charge is 2.38. The standard InChI is InChI=1S/C15H23N3/c1-2-6-16-10-12-5-7-17-15(9-12)18-11-13-3-4-14(18)8-13/h5,7,9,13-14,16H,2-4,6,8,10-11H2,1H3. The van der Waals surface area contributed by atoms with Crippen molar-refractivity contribution >= 4 is 5.82 Å². The lowest BCUT2D eigenvalue weighted by Gasteiger charge is -2.28. The van der Waals surface area contributed by atoms with E-state index in [1.54, 1.807) is 0 Å². The van der Waals surface area contributed by atoms with Crippen LogP contribution in [-0.4, -0.2) is 24.1 Å². The summed E-state index contributed by atoms with van der Waals surface area (Å²) in [6.07, 6.45) is 7.33. The van der Waals surface area contributed by atoms with Crippen molar-refractivity contribution in [3.8, 4) is 0 Å². The molecule has 2 unspecified atom stereocenters. The van der Waals surface area contributed by atoms with Crippen molar-refractivity contribution in [2.24, 2.45) is 5.92 Å². The normalized spacial score (nSPS) is 25.9. The predicted molar refractivity (Wildman–Crippen MR) is 74.7 cm³/mol. The molecule has 3 rings (SSSR count). The average molecular weight is 245 g/mol. The van der Waals surface area contributed by atoms with Gasteiger partial charge in [-0.1, -0.05) is 6.92 Å². The molecule has 1 saturated carbocycles. The molecular formula is C15H23N3. The zero-order valence-corrected chi connectivity index (χ0v) is 11.2. The second kappa shape index (κ2) is 5.27. The molecule has 3 nitrogen and oxygen atoms in total. The minimum Gasteiger partial charge on any atom is -0.353 e. The van der Waals surface area contributed by atoms with Crippen LogP contribution in [0.15, 0.2) is 18.3 Å². The maximum absolute atomic E-state index is 4.57. The molecule has 1 aliphatic heterocycles. The predicted octanol–water partition coefficient (Wildman–Crippen LogP) is 2.57. The van der Waals surface area contributed by atoms with Gasteiger partial charge in [0.15, 0.2) is 0 Å². The Morgan fingerprint density at radius 3 is 3.11 bits per heavy atom. The largest absolute Gasteiger partial charge is 0.353 e. The average Bonchev–Trinajstić information content (AvgIpc) is 3.02. The molecule has 1 aromatic heterocycles. The number of pyridine rings is 1. The third kappa shape index (κ3) is 2.37. The van der Waals surface area contributed by atoms with E-state index < -0.39 is 0 Å². The maximum atomic E-state index is 4.57. The number of aromatic nitrogens is 1. The van der Waals surface area contributed by atoms with Crippen LogP contribution in [0.2, 0.25) is 0 Å². The second-order valence-electron chi connectivity index (χ2n) is 5.68. The quantitative estimate of drug-likeness (QED) is 0.808. The third-order valence-corrected chi connectivity index (χ3v) is 4.27. The number of anilines is 1. The first-order chi connectivity index (χ1) is 8.86. The van der Waals surface area contributed by atoms with E-state index >= 15 is 0 Å². The van der Waals surface area contributed by atoms with Crippen LogP contribution in [0.4, 0.5) is 5.82 Å². The molecule has 0 spiro atoms. The summed E-state index contributed by atoms with van der Waals surface area (Å²) in [6, 6.07) is 5.16. The third-order valence-electron chi connectivity index (χ3n) is 4.27. The van der Waals surface area contributed by atoms with Gasteiger partial charge >= 0.3 is 0 Å². The molecule has 3 heteroatoms. The van der Waals surface area contributed by atoms with Crippen LogP contribution in [0.25, 0.3) is 0 Å². The lowest BCUT2D eigenvalue weighted by Crippen LogP contribution is -2.32. The van der Waals surface area contributed by atoms with E-state index in [0.717, 1.165) is 25.0 Å². The van der Waals surface area contributed by atoms with Crippen molar-refractivity contribution in [1.82, 2.24) is 10.3 Å². The van der Waals surface area contributed by atoms with E-state index in [2.05, 4.69) is 34.3 Å².